The van der Waals surface area contributed by atoms with E-state index in [0.717, 1.165) is 12.1 Å². The molecule has 0 aliphatic rings. The molecule has 0 amide bonds. The molecule has 18 heavy (non-hydrogen) atoms. The first-order valence-electron chi connectivity index (χ1n) is 5.76. The maximum Gasteiger partial charge on any atom is 0.494 e. The summed E-state index contributed by atoms with van der Waals surface area (Å²) >= 11 is 0. The van der Waals surface area contributed by atoms with Crippen LogP contribution in [0.5, 0.6) is 0 Å². The third kappa shape index (κ3) is 4.03. The van der Waals surface area contributed by atoms with Gasteiger partial charge >= 0.3 is 7.12 Å². The quantitative estimate of drug-likeness (QED) is 0.598. The van der Waals surface area contributed by atoms with Crippen molar-refractivity contribution in [3.05, 3.63) is 29.6 Å². The zero-order valence-electron chi connectivity index (χ0n) is 10.8. The summed E-state index contributed by atoms with van der Waals surface area (Å²) in [5, 5.41) is 0. The minimum Gasteiger partial charge on any atom is -0.405 e. The van der Waals surface area contributed by atoms with Crippen LogP contribution in [-0.2, 0) is 9.31 Å². The van der Waals surface area contributed by atoms with Gasteiger partial charge in [0.2, 0.25) is 0 Å². The average Bonchev–Trinajstić information content (AvgIpc) is 2.23. The predicted molar refractivity (Wildman–Crippen MR) is 64.1 cm³/mol. The van der Waals surface area contributed by atoms with Gasteiger partial charge in [0.25, 0.3) is 0 Å². The van der Waals surface area contributed by atoms with Crippen LogP contribution in [0.4, 0.5) is 13.2 Å². The van der Waals surface area contributed by atoms with Crippen LogP contribution in [0, 0.1) is 17.5 Å². The maximum absolute atomic E-state index is 13.1. The van der Waals surface area contributed by atoms with Crippen molar-refractivity contribution >= 4 is 12.6 Å². The first-order chi connectivity index (χ1) is 8.31. The fourth-order valence-corrected chi connectivity index (χ4v) is 1.39. The fraction of sp³-hybridized carbons (Fsp3) is 0.500. The minimum absolute atomic E-state index is 0.119. The van der Waals surface area contributed by atoms with Crippen molar-refractivity contribution in [2.45, 2.75) is 39.9 Å². The SMILES string of the molecule is CC(C)OB(OC(C)C)c1cc(F)c(F)c(F)c1. The average molecular weight is 260 g/mol. The van der Waals surface area contributed by atoms with Crippen LogP contribution in [-0.4, -0.2) is 19.3 Å². The summed E-state index contributed by atoms with van der Waals surface area (Å²) in [6, 6.07) is 1.77. The lowest BCUT2D eigenvalue weighted by atomic mass is 9.78. The monoisotopic (exact) mass is 260 g/mol. The zero-order chi connectivity index (χ0) is 13.9. The highest BCUT2D eigenvalue weighted by Crippen LogP contribution is 2.10. The fourth-order valence-electron chi connectivity index (χ4n) is 1.39. The lowest BCUT2D eigenvalue weighted by molar-refractivity contribution is 0.139. The standard InChI is InChI=1S/C12H16BF3O2/c1-7(2)17-13(18-8(3)4)9-5-10(14)12(16)11(15)6-9/h5-8H,1-4H3. The molecule has 1 aromatic carbocycles. The molecule has 0 saturated heterocycles. The van der Waals surface area contributed by atoms with Crippen molar-refractivity contribution in [1.29, 1.82) is 0 Å². The van der Waals surface area contributed by atoms with Gasteiger partial charge in [-0.25, -0.2) is 13.2 Å². The van der Waals surface area contributed by atoms with Crippen LogP contribution in [0.1, 0.15) is 27.7 Å². The van der Waals surface area contributed by atoms with Gasteiger partial charge in [-0.1, -0.05) is 0 Å². The van der Waals surface area contributed by atoms with Gasteiger partial charge in [0.1, 0.15) is 0 Å². The van der Waals surface area contributed by atoms with E-state index in [-0.39, 0.29) is 17.7 Å². The van der Waals surface area contributed by atoms with Gasteiger partial charge in [0.15, 0.2) is 17.5 Å². The maximum atomic E-state index is 13.1. The van der Waals surface area contributed by atoms with Crippen LogP contribution < -0.4 is 5.46 Å². The third-order valence-corrected chi connectivity index (χ3v) is 2.07. The van der Waals surface area contributed by atoms with E-state index in [1.165, 1.54) is 0 Å². The van der Waals surface area contributed by atoms with Crippen LogP contribution in [0.25, 0.3) is 0 Å². The molecule has 0 aliphatic heterocycles. The Hall–Kier alpha value is -1.01. The largest absolute Gasteiger partial charge is 0.494 e. The molecule has 1 rings (SSSR count). The smallest absolute Gasteiger partial charge is 0.405 e. The van der Waals surface area contributed by atoms with E-state index in [1.54, 1.807) is 27.7 Å². The van der Waals surface area contributed by atoms with Crippen LogP contribution in [0.3, 0.4) is 0 Å². The molecule has 0 bridgehead atoms. The molecule has 1 aromatic rings. The highest BCUT2D eigenvalue weighted by atomic mass is 19.2. The van der Waals surface area contributed by atoms with Gasteiger partial charge in [-0.05, 0) is 45.3 Å². The van der Waals surface area contributed by atoms with E-state index in [0.29, 0.717) is 0 Å². The number of rotatable bonds is 5. The molecule has 0 radical (unpaired) electrons. The summed E-state index contributed by atoms with van der Waals surface area (Å²) in [5.41, 5.74) is 0.119. The van der Waals surface area contributed by atoms with E-state index in [9.17, 15) is 13.2 Å². The molecule has 0 unspecified atom stereocenters. The van der Waals surface area contributed by atoms with Crippen molar-refractivity contribution in [2.24, 2.45) is 0 Å². The summed E-state index contributed by atoms with van der Waals surface area (Å²) in [4.78, 5) is 0. The number of hydrogen-bond acceptors (Lipinski definition) is 2. The van der Waals surface area contributed by atoms with E-state index in [1.807, 2.05) is 0 Å². The topological polar surface area (TPSA) is 18.5 Å². The van der Waals surface area contributed by atoms with Crippen molar-refractivity contribution in [3.8, 4) is 0 Å². The molecule has 0 spiro atoms. The van der Waals surface area contributed by atoms with Gasteiger partial charge in [-0.2, -0.15) is 0 Å². The van der Waals surface area contributed by atoms with Crippen LogP contribution >= 0.6 is 0 Å². The third-order valence-electron chi connectivity index (χ3n) is 2.07. The van der Waals surface area contributed by atoms with Gasteiger partial charge in [0, 0.05) is 12.2 Å². The van der Waals surface area contributed by atoms with E-state index < -0.39 is 24.6 Å². The van der Waals surface area contributed by atoms with Gasteiger partial charge in [-0.15, -0.1) is 0 Å². The number of benzene rings is 1. The Morgan fingerprint density at radius 2 is 1.28 bits per heavy atom. The highest BCUT2D eigenvalue weighted by Gasteiger charge is 2.27. The molecular formula is C12H16BF3O2. The van der Waals surface area contributed by atoms with Crippen LogP contribution in [0.15, 0.2) is 12.1 Å². The Morgan fingerprint density at radius 1 is 0.889 bits per heavy atom. The molecule has 2 nitrogen and oxygen atoms in total. The second-order valence-electron chi connectivity index (χ2n) is 4.50. The molecule has 0 aliphatic carbocycles. The molecule has 0 N–H and O–H groups in total. The lowest BCUT2D eigenvalue weighted by Gasteiger charge is -2.20. The Bertz CT molecular complexity index is 377. The van der Waals surface area contributed by atoms with Crippen molar-refractivity contribution in [3.63, 3.8) is 0 Å². The molecule has 100 valence electrons. The summed E-state index contributed by atoms with van der Waals surface area (Å²) in [7, 11) is -0.922. The van der Waals surface area contributed by atoms with E-state index in [2.05, 4.69) is 0 Å². The van der Waals surface area contributed by atoms with E-state index in [4.69, 9.17) is 9.31 Å². The molecule has 0 aromatic heterocycles. The number of halogens is 3. The second kappa shape index (κ2) is 6.25. The summed E-state index contributed by atoms with van der Waals surface area (Å²) in [6.07, 6.45) is -0.380. The molecular weight excluding hydrogens is 244 g/mol. The Kier molecular flexibility index (Phi) is 5.22. The summed E-state index contributed by atoms with van der Waals surface area (Å²) < 4.78 is 50.0. The lowest BCUT2D eigenvalue weighted by Crippen LogP contribution is -2.41. The Labute approximate surface area is 105 Å². The number of hydrogen-bond donors (Lipinski definition) is 0. The molecule has 6 heteroatoms. The summed E-state index contributed by atoms with van der Waals surface area (Å²) in [6.45, 7) is 7.08. The van der Waals surface area contributed by atoms with E-state index >= 15 is 0 Å². The first kappa shape index (κ1) is 15.1. The van der Waals surface area contributed by atoms with Crippen molar-refractivity contribution < 1.29 is 22.5 Å². The Morgan fingerprint density at radius 3 is 1.61 bits per heavy atom. The summed E-state index contributed by atoms with van der Waals surface area (Å²) in [5.74, 6) is -4.00. The highest BCUT2D eigenvalue weighted by molar-refractivity contribution is 6.61. The van der Waals surface area contributed by atoms with Gasteiger partial charge < -0.3 is 9.31 Å². The molecule has 0 saturated carbocycles. The molecule has 0 heterocycles. The van der Waals surface area contributed by atoms with Crippen LogP contribution in [0.2, 0.25) is 0 Å². The van der Waals surface area contributed by atoms with Gasteiger partial charge in [-0.3, -0.25) is 0 Å². The Balaban J connectivity index is 3.04. The first-order valence-corrected chi connectivity index (χ1v) is 5.76. The zero-order valence-corrected chi connectivity index (χ0v) is 10.8. The molecule has 0 atom stereocenters. The second-order valence-corrected chi connectivity index (χ2v) is 4.50. The minimum atomic E-state index is -1.49. The van der Waals surface area contributed by atoms with Gasteiger partial charge in [0.05, 0.1) is 0 Å². The molecule has 0 fully saturated rings. The predicted octanol–water partition coefficient (Wildman–Crippen LogP) is 2.65. The normalized spacial score (nSPS) is 11.4. The van der Waals surface area contributed by atoms with Crippen molar-refractivity contribution in [1.82, 2.24) is 0 Å². The van der Waals surface area contributed by atoms with Crippen molar-refractivity contribution in [2.75, 3.05) is 0 Å².